The Bertz CT molecular complexity index is 1030. The van der Waals surface area contributed by atoms with Crippen molar-refractivity contribution < 1.29 is 9.53 Å². The SMILES string of the molecule is O=C(c1cccc2c1ccn2CC1CCO1)N(C1CC1)C1CCC2=C(C=NC2)C1. The van der Waals surface area contributed by atoms with Crippen LogP contribution >= 0.6 is 0 Å². The molecule has 5 nitrogen and oxygen atoms in total. The van der Waals surface area contributed by atoms with Crippen molar-refractivity contribution in [1.82, 2.24) is 9.47 Å². The predicted octanol–water partition coefficient (Wildman–Crippen LogP) is 3.97. The van der Waals surface area contributed by atoms with Crippen LogP contribution in [0.15, 0.2) is 46.6 Å². The number of hydrogen-bond donors (Lipinski definition) is 0. The zero-order valence-corrected chi connectivity index (χ0v) is 16.7. The largest absolute Gasteiger partial charge is 0.376 e. The third-order valence-corrected chi connectivity index (χ3v) is 7.02. The zero-order chi connectivity index (χ0) is 19.4. The Labute approximate surface area is 171 Å². The monoisotopic (exact) mass is 389 g/mol. The first-order valence-electron chi connectivity index (χ1n) is 11.0. The summed E-state index contributed by atoms with van der Waals surface area (Å²) in [7, 11) is 0. The number of fused-ring (bicyclic) bond motifs is 1. The number of ether oxygens (including phenoxy) is 1. The van der Waals surface area contributed by atoms with Gasteiger partial charge in [0.15, 0.2) is 0 Å². The molecule has 2 fully saturated rings. The molecule has 0 bridgehead atoms. The maximum Gasteiger partial charge on any atom is 0.255 e. The Morgan fingerprint density at radius 2 is 2.07 bits per heavy atom. The van der Waals surface area contributed by atoms with E-state index in [2.05, 4.69) is 32.8 Å². The van der Waals surface area contributed by atoms with Crippen molar-refractivity contribution in [2.75, 3.05) is 13.2 Å². The molecule has 1 amide bonds. The highest BCUT2D eigenvalue weighted by Crippen LogP contribution is 2.38. The number of aromatic nitrogens is 1. The van der Waals surface area contributed by atoms with E-state index in [0.717, 1.165) is 74.7 Å². The lowest BCUT2D eigenvalue weighted by Gasteiger charge is -2.35. The molecule has 2 atom stereocenters. The van der Waals surface area contributed by atoms with Gasteiger partial charge < -0.3 is 14.2 Å². The fourth-order valence-corrected chi connectivity index (χ4v) is 5.17. The average molecular weight is 389 g/mol. The molecule has 1 saturated heterocycles. The zero-order valence-electron chi connectivity index (χ0n) is 16.7. The van der Waals surface area contributed by atoms with E-state index in [9.17, 15) is 4.79 Å². The van der Waals surface area contributed by atoms with E-state index >= 15 is 0 Å². The number of amides is 1. The summed E-state index contributed by atoms with van der Waals surface area (Å²) in [6.45, 7) is 2.61. The molecule has 29 heavy (non-hydrogen) atoms. The van der Waals surface area contributed by atoms with Crippen LogP contribution in [0, 0.1) is 0 Å². The Hall–Kier alpha value is -2.40. The number of carbonyl (C=O) groups is 1. The first-order chi connectivity index (χ1) is 14.3. The quantitative estimate of drug-likeness (QED) is 0.777. The summed E-state index contributed by atoms with van der Waals surface area (Å²) in [6, 6.07) is 8.99. The van der Waals surface area contributed by atoms with Gasteiger partial charge in [-0.05, 0) is 67.9 Å². The lowest BCUT2D eigenvalue weighted by atomic mass is 9.88. The molecule has 0 N–H and O–H groups in total. The molecule has 150 valence electrons. The predicted molar refractivity (Wildman–Crippen MR) is 114 cm³/mol. The van der Waals surface area contributed by atoms with Crippen molar-refractivity contribution >= 4 is 23.0 Å². The summed E-state index contributed by atoms with van der Waals surface area (Å²) in [5.41, 5.74) is 4.85. The molecule has 1 saturated carbocycles. The Balaban J connectivity index is 1.31. The highest BCUT2D eigenvalue weighted by atomic mass is 16.5. The molecular formula is C24H27N3O2. The van der Waals surface area contributed by atoms with E-state index in [4.69, 9.17) is 4.74 Å². The van der Waals surface area contributed by atoms with E-state index in [0.29, 0.717) is 18.2 Å². The second kappa shape index (κ2) is 6.84. The van der Waals surface area contributed by atoms with Crippen LogP contribution in [0.3, 0.4) is 0 Å². The summed E-state index contributed by atoms with van der Waals surface area (Å²) < 4.78 is 7.85. The number of hydrogen-bond acceptors (Lipinski definition) is 3. The molecule has 0 radical (unpaired) electrons. The van der Waals surface area contributed by atoms with E-state index in [1.165, 1.54) is 11.1 Å². The topological polar surface area (TPSA) is 46.8 Å². The molecule has 6 rings (SSSR count). The van der Waals surface area contributed by atoms with E-state index in [-0.39, 0.29) is 5.91 Å². The van der Waals surface area contributed by atoms with Crippen molar-refractivity contribution in [2.45, 2.75) is 63.3 Å². The Kier molecular flexibility index (Phi) is 4.12. The van der Waals surface area contributed by atoms with E-state index in [1.54, 1.807) is 0 Å². The van der Waals surface area contributed by atoms with Gasteiger partial charge in [-0.3, -0.25) is 9.79 Å². The molecular weight excluding hydrogens is 362 g/mol. The summed E-state index contributed by atoms with van der Waals surface area (Å²) in [5.74, 6) is 0.208. The molecule has 2 unspecified atom stereocenters. The van der Waals surface area contributed by atoms with Crippen LogP contribution in [-0.4, -0.2) is 52.9 Å². The van der Waals surface area contributed by atoms with Gasteiger partial charge in [0.2, 0.25) is 0 Å². The third kappa shape index (κ3) is 3.03. The second-order valence-electron chi connectivity index (χ2n) is 8.93. The Morgan fingerprint density at radius 3 is 2.86 bits per heavy atom. The lowest BCUT2D eigenvalue weighted by Crippen LogP contribution is -2.43. The van der Waals surface area contributed by atoms with Crippen LogP contribution in [0.2, 0.25) is 0 Å². The molecule has 2 aromatic rings. The fraction of sp³-hybridized carbons (Fsp3) is 0.500. The standard InChI is InChI=1S/C24H27N3O2/c28-24(27(18-6-7-18)19-5-4-16-13-25-14-17(16)12-19)22-2-1-3-23-21(22)8-10-26(23)15-20-9-11-29-20/h1-3,8,10,14,18-20H,4-7,9,11-13,15H2. The summed E-state index contributed by atoms with van der Waals surface area (Å²) in [5, 5.41) is 1.07. The minimum absolute atomic E-state index is 0.208. The van der Waals surface area contributed by atoms with Crippen molar-refractivity contribution in [3.63, 3.8) is 0 Å². The van der Waals surface area contributed by atoms with Gasteiger partial charge in [-0.25, -0.2) is 0 Å². The molecule has 2 aliphatic carbocycles. The van der Waals surface area contributed by atoms with Crippen LogP contribution in [0.4, 0.5) is 0 Å². The molecule has 3 heterocycles. The minimum atomic E-state index is 0.208. The van der Waals surface area contributed by atoms with Gasteiger partial charge in [0.25, 0.3) is 5.91 Å². The fourth-order valence-electron chi connectivity index (χ4n) is 5.17. The van der Waals surface area contributed by atoms with Crippen LogP contribution in [-0.2, 0) is 11.3 Å². The van der Waals surface area contributed by atoms with Gasteiger partial charge in [-0.1, -0.05) is 6.07 Å². The lowest BCUT2D eigenvalue weighted by molar-refractivity contribution is -0.0586. The summed E-state index contributed by atoms with van der Waals surface area (Å²) >= 11 is 0. The molecule has 4 aliphatic rings. The first kappa shape index (κ1) is 17.5. The van der Waals surface area contributed by atoms with E-state index < -0.39 is 0 Å². The first-order valence-corrected chi connectivity index (χ1v) is 11.0. The number of rotatable bonds is 5. The van der Waals surface area contributed by atoms with Gasteiger partial charge in [-0.15, -0.1) is 0 Å². The van der Waals surface area contributed by atoms with Gasteiger partial charge in [-0.2, -0.15) is 0 Å². The van der Waals surface area contributed by atoms with Crippen LogP contribution in [0.25, 0.3) is 10.9 Å². The summed E-state index contributed by atoms with van der Waals surface area (Å²) in [6.07, 6.45) is 11.0. The normalized spacial score (nSPS) is 25.9. The number of carbonyl (C=O) groups excluding carboxylic acids is 1. The van der Waals surface area contributed by atoms with Crippen LogP contribution < -0.4 is 0 Å². The van der Waals surface area contributed by atoms with Crippen molar-refractivity contribution in [3.8, 4) is 0 Å². The smallest absolute Gasteiger partial charge is 0.255 e. The molecule has 0 spiro atoms. The molecule has 5 heteroatoms. The molecule has 2 aliphatic heterocycles. The number of benzene rings is 1. The third-order valence-electron chi connectivity index (χ3n) is 7.02. The maximum absolute atomic E-state index is 13.8. The average Bonchev–Trinajstić information content (AvgIpc) is 3.27. The minimum Gasteiger partial charge on any atom is -0.376 e. The molecule has 1 aromatic carbocycles. The van der Waals surface area contributed by atoms with Crippen molar-refractivity contribution in [1.29, 1.82) is 0 Å². The second-order valence-corrected chi connectivity index (χ2v) is 8.93. The number of aliphatic imine (C=N–C) groups is 1. The van der Waals surface area contributed by atoms with Crippen molar-refractivity contribution in [3.05, 3.63) is 47.2 Å². The van der Waals surface area contributed by atoms with Crippen molar-refractivity contribution in [2.24, 2.45) is 4.99 Å². The molecule has 1 aromatic heterocycles. The van der Waals surface area contributed by atoms with Gasteiger partial charge in [0.05, 0.1) is 12.6 Å². The van der Waals surface area contributed by atoms with Crippen LogP contribution in [0.1, 0.15) is 48.9 Å². The highest BCUT2D eigenvalue weighted by molar-refractivity contribution is 6.07. The maximum atomic E-state index is 13.8. The van der Waals surface area contributed by atoms with E-state index in [1.807, 2.05) is 18.3 Å². The van der Waals surface area contributed by atoms with Gasteiger partial charge in [0.1, 0.15) is 0 Å². The summed E-state index contributed by atoms with van der Waals surface area (Å²) in [4.78, 5) is 20.4. The number of nitrogens with zero attached hydrogens (tertiary/aromatic N) is 3. The van der Waals surface area contributed by atoms with Crippen LogP contribution in [0.5, 0.6) is 0 Å². The van der Waals surface area contributed by atoms with Gasteiger partial charge in [0, 0.05) is 54.1 Å². The Morgan fingerprint density at radius 1 is 1.17 bits per heavy atom. The van der Waals surface area contributed by atoms with Gasteiger partial charge >= 0.3 is 0 Å². The highest BCUT2D eigenvalue weighted by Gasteiger charge is 2.40.